The summed E-state index contributed by atoms with van der Waals surface area (Å²) in [6.45, 7) is 2.53. The summed E-state index contributed by atoms with van der Waals surface area (Å²) in [6, 6.07) is 1.32. The van der Waals surface area contributed by atoms with Crippen molar-refractivity contribution in [2.45, 2.75) is 18.5 Å². The van der Waals surface area contributed by atoms with Crippen LogP contribution in [0.1, 0.15) is 6.92 Å². The van der Waals surface area contributed by atoms with Crippen molar-refractivity contribution in [3.05, 3.63) is 30.1 Å². The van der Waals surface area contributed by atoms with E-state index in [0.717, 1.165) is 0 Å². The topological polar surface area (TPSA) is 89.8 Å². The molecule has 7 nitrogen and oxygen atoms in total. The largest absolute Gasteiger partial charge is 0.336 e. The molecule has 0 fully saturated rings. The molecule has 18 heavy (non-hydrogen) atoms. The molecule has 0 aliphatic heterocycles. The Morgan fingerprint density at radius 3 is 2.78 bits per heavy atom. The van der Waals surface area contributed by atoms with Crippen LogP contribution in [-0.4, -0.2) is 27.9 Å². The van der Waals surface area contributed by atoms with Crippen molar-refractivity contribution in [1.82, 2.24) is 19.5 Å². The lowest BCUT2D eigenvalue weighted by Gasteiger charge is -2.04. The molecule has 0 bridgehead atoms. The molecule has 2 aromatic heterocycles. The highest BCUT2D eigenvalue weighted by atomic mass is 35.5. The molecule has 9 heteroatoms. The van der Waals surface area contributed by atoms with Crippen molar-refractivity contribution in [3.8, 4) is 0 Å². The molecule has 0 aliphatic rings. The summed E-state index contributed by atoms with van der Waals surface area (Å²) >= 11 is 5.64. The Balaban J connectivity index is 2.27. The Bertz CT molecular complexity index is 654. The number of imidazole rings is 1. The molecule has 96 valence electrons. The molecular weight excluding hydrogens is 278 g/mol. The van der Waals surface area contributed by atoms with Gasteiger partial charge in [-0.1, -0.05) is 11.6 Å². The van der Waals surface area contributed by atoms with Gasteiger partial charge in [0.05, 0.1) is 6.33 Å². The van der Waals surface area contributed by atoms with Gasteiger partial charge in [0, 0.05) is 18.8 Å². The van der Waals surface area contributed by atoms with Crippen molar-refractivity contribution in [1.29, 1.82) is 0 Å². The van der Waals surface area contributed by atoms with Crippen molar-refractivity contribution in [2.24, 2.45) is 0 Å². The summed E-state index contributed by atoms with van der Waals surface area (Å²) in [4.78, 5) is 11.2. The van der Waals surface area contributed by atoms with Crippen LogP contribution in [0.5, 0.6) is 0 Å². The van der Waals surface area contributed by atoms with Crippen molar-refractivity contribution >= 4 is 27.4 Å². The molecule has 0 aliphatic carbocycles. The zero-order valence-electron chi connectivity index (χ0n) is 9.41. The minimum atomic E-state index is -3.75. The monoisotopic (exact) mass is 287 g/mol. The van der Waals surface area contributed by atoms with Gasteiger partial charge in [0.15, 0.2) is 5.03 Å². The first kappa shape index (κ1) is 12.8. The fourth-order valence-corrected chi connectivity index (χ4v) is 2.33. The van der Waals surface area contributed by atoms with Crippen LogP contribution in [0.3, 0.4) is 0 Å². The molecule has 2 heterocycles. The zero-order valence-corrected chi connectivity index (χ0v) is 11.0. The van der Waals surface area contributed by atoms with E-state index in [-0.39, 0.29) is 16.0 Å². The highest BCUT2D eigenvalue weighted by Crippen LogP contribution is 2.14. The van der Waals surface area contributed by atoms with E-state index in [1.165, 1.54) is 24.9 Å². The number of sulfonamides is 1. The summed E-state index contributed by atoms with van der Waals surface area (Å²) < 4.78 is 27.8. The number of aryl methyl sites for hydroxylation is 1. The number of aromatic nitrogens is 4. The van der Waals surface area contributed by atoms with E-state index in [9.17, 15) is 8.42 Å². The van der Waals surface area contributed by atoms with Gasteiger partial charge in [0.25, 0.3) is 10.0 Å². The van der Waals surface area contributed by atoms with Gasteiger partial charge in [0.1, 0.15) is 17.3 Å². The second-order valence-corrected chi connectivity index (χ2v) is 5.39. The van der Waals surface area contributed by atoms with E-state index >= 15 is 0 Å². The third-order valence-electron chi connectivity index (χ3n) is 2.12. The normalized spacial score (nSPS) is 11.4. The summed E-state index contributed by atoms with van der Waals surface area (Å²) in [7, 11) is -3.75. The van der Waals surface area contributed by atoms with Crippen LogP contribution in [-0.2, 0) is 16.6 Å². The smallest absolute Gasteiger partial charge is 0.282 e. The Morgan fingerprint density at radius 1 is 1.39 bits per heavy atom. The van der Waals surface area contributed by atoms with Crippen LogP contribution in [0.4, 0.5) is 5.82 Å². The molecule has 0 aromatic carbocycles. The number of rotatable bonds is 4. The number of nitrogens with one attached hydrogen (secondary N) is 1. The predicted molar refractivity (Wildman–Crippen MR) is 65.8 cm³/mol. The van der Waals surface area contributed by atoms with E-state index in [1.54, 1.807) is 4.57 Å². The van der Waals surface area contributed by atoms with Gasteiger partial charge in [-0.15, -0.1) is 0 Å². The first-order chi connectivity index (χ1) is 8.51. The molecule has 0 unspecified atom stereocenters. The molecule has 0 radical (unpaired) electrons. The quantitative estimate of drug-likeness (QED) is 0.852. The highest BCUT2D eigenvalue weighted by molar-refractivity contribution is 7.92. The Morgan fingerprint density at radius 2 is 2.17 bits per heavy atom. The SMILES string of the molecule is CCn1cnc(S(=O)(=O)Nc2cc(Cl)ncn2)c1. The molecule has 0 amide bonds. The second kappa shape index (κ2) is 4.91. The number of nitrogens with zero attached hydrogens (tertiary/aromatic N) is 4. The summed E-state index contributed by atoms with van der Waals surface area (Å²) in [5.41, 5.74) is 0. The van der Waals surface area contributed by atoms with Gasteiger partial charge in [-0.25, -0.2) is 15.0 Å². The number of halogens is 1. The first-order valence-electron chi connectivity index (χ1n) is 5.03. The lowest BCUT2D eigenvalue weighted by molar-refractivity contribution is 0.597. The number of hydrogen-bond donors (Lipinski definition) is 1. The van der Waals surface area contributed by atoms with Gasteiger partial charge in [-0.2, -0.15) is 8.42 Å². The Kier molecular flexibility index (Phi) is 3.48. The molecule has 0 spiro atoms. The second-order valence-electron chi connectivity index (χ2n) is 3.37. The van der Waals surface area contributed by atoms with E-state index < -0.39 is 10.0 Å². The third kappa shape index (κ3) is 2.77. The molecule has 1 N–H and O–H groups in total. The minimum absolute atomic E-state index is 0.0703. The summed E-state index contributed by atoms with van der Waals surface area (Å²) in [5.74, 6) is 0.0982. The van der Waals surface area contributed by atoms with E-state index in [2.05, 4.69) is 19.7 Å². The standard InChI is InChI=1S/C9H10ClN5O2S/c1-2-15-4-9(13-6-15)18(16,17)14-8-3-7(10)11-5-12-8/h3-6H,2H2,1H3,(H,11,12,14). The van der Waals surface area contributed by atoms with Crippen molar-refractivity contribution in [3.63, 3.8) is 0 Å². The maximum Gasteiger partial charge on any atom is 0.282 e. The Labute approximate surface area is 109 Å². The number of hydrogen-bond acceptors (Lipinski definition) is 5. The van der Waals surface area contributed by atoms with Gasteiger partial charge >= 0.3 is 0 Å². The van der Waals surface area contributed by atoms with Gasteiger partial charge < -0.3 is 4.57 Å². The van der Waals surface area contributed by atoms with Crippen molar-refractivity contribution in [2.75, 3.05) is 4.72 Å². The molecule has 2 aromatic rings. The fourth-order valence-electron chi connectivity index (χ4n) is 1.23. The van der Waals surface area contributed by atoms with Crippen LogP contribution < -0.4 is 4.72 Å². The average Bonchev–Trinajstić information content (AvgIpc) is 2.77. The van der Waals surface area contributed by atoms with Gasteiger partial charge in [-0.3, -0.25) is 4.72 Å². The lowest BCUT2D eigenvalue weighted by Crippen LogP contribution is -2.14. The highest BCUT2D eigenvalue weighted by Gasteiger charge is 2.18. The van der Waals surface area contributed by atoms with Crippen LogP contribution in [0.15, 0.2) is 29.9 Å². The fraction of sp³-hybridized carbons (Fsp3) is 0.222. The third-order valence-corrected chi connectivity index (χ3v) is 3.57. The van der Waals surface area contributed by atoms with E-state index in [1.807, 2.05) is 6.92 Å². The van der Waals surface area contributed by atoms with Crippen LogP contribution in [0.2, 0.25) is 5.15 Å². The van der Waals surface area contributed by atoms with Crippen LogP contribution in [0.25, 0.3) is 0 Å². The molecule has 0 atom stereocenters. The predicted octanol–water partition coefficient (Wildman–Crippen LogP) is 1.15. The molecule has 2 rings (SSSR count). The zero-order chi connectivity index (χ0) is 13.2. The molecular formula is C9H10ClN5O2S. The van der Waals surface area contributed by atoms with Crippen molar-refractivity contribution < 1.29 is 8.42 Å². The first-order valence-corrected chi connectivity index (χ1v) is 6.89. The van der Waals surface area contributed by atoms with Crippen LogP contribution >= 0.6 is 11.6 Å². The lowest BCUT2D eigenvalue weighted by atomic mass is 10.6. The molecule has 0 saturated carbocycles. The van der Waals surface area contributed by atoms with Gasteiger partial charge in [-0.05, 0) is 6.92 Å². The molecule has 0 saturated heterocycles. The summed E-state index contributed by atoms with van der Waals surface area (Å²) in [5, 5.41) is 0.0841. The maximum absolute atomic E-state index is 12.0. The maximum atomic E-state index is 12.0. The van der Waals surface area contributed by atoms with Crippen LogP contribution in [0, 0.1) is 0 Å². The summed E-state index contributed by atoms with van der Waals surface area (Å²) in [6.07, 6.45) is 4.05. The van der Waals surface area contributed by atoms with E-state index in [4.69, 9.17) is 11.6 Å². The number of anilines is 1. The minimum Gasteiger partial charge on any atom is -0.336 e. The van der Waals surface area contributed by atoms with E-state index in [0.29, 0.717) is 6.54 Å². The Hall–Kier alpha value is -1.67. The van der Waals surface area contributed by atoms with Gasteiger partial charge in [0.2, 0.25) is 0 Å². The average molecular weight is 288 g/mol.